The molecule has 1 aliphatic rings. The van der Waals surface area contributed by atoms with Crippen molar-refractivity contribution in [2.45, 2.75) is 52.7 Å². The molecule has 2 amide bonds. The summed E-state index contributed by atoms with van der Waals surface area (Å²) in [6.45, 7) is 9.70. The second-order valence-electron chi connectivity index (χ2n) is 7.72. The number of benzene rings is 1. The number of amides is 2. The number of nitrogens with one attached hydrogen (secondary N) is 1. The number of likely N-dealkylation sites (tertiary alicyclic amines) is 1. The van der Waals surface area contributed by atoms with Crippen LogP contribution < -0.4 is 5.32 Å². The van der Waals surface area contributed by atoms with Gasteiger partial charge >= 0.3 is 6.03 Å². The normalized spacial score (nSPS) is 19.3. The quantitative estimate of drug-likeness (QED) is 0.895. The lowest BCUT2D eigenvalue weighted by molar-refractivity contribution is 0.0782. The number of nitrogens with zero attached hydrogens (tertiary/aromatic N) is 1. The van der Waals surface area contributed by atoms with Crippen LogP contribution in [0.1, 0.15) is 52.1 Å². The Kier molecular flexibility index (Phi) is 5.69. The zero-order chi connectivity index (χ0) is 17.0. The van der Waals surface area contributed by atoms with E-state index in [1.54, 1.807) is 0 Å². The van der Waals surface area contributed by atoms with Gasteiger partial charge in [0.15, 0.2) is 0 Å². The summed E-state index contributed by atoms with van der Waals surface area (Å²) in [6.07, 6.45) is 1.46. The van der Waals surface area contributed by atoms with Crippen molar-refractivity contribution in [3.8, 4) is 0 Å². The summed E-state index contributed by atoms with van der Waals surface area (Å²) < 4.78 is 0. The van der Waals surface area contributed by atoms with Crippen LogP contribution in [-0.4, -0.2) is 35.2 Å². The van der Waals surface area contributed by atoms with Gasteiger partial charge in [-0.25, -0.2) is 4.79 Å². The fourth-order valence-corrected chi connectivity index (χ4v) is 3.25. The molecule has 1 fully saturated rings. The second-order valence-corrected chi connectivity index (χ2v) is 7.72. The van der Waals surface area contributed by atoms with Gasteiger partial charge in [0.05, 0.1) is 12.1 Å². The van der Waals surface area contributed by atoms with Crippen molar-refractivity contribution in [2.24, 2.45) is 11.3 Å². The highest BCUT2D eigenvalue weighted by Gasteiger charge is 2.31. The molecular formula is C19H30N2O2. The minimum absolute atomic E-state index is 0.00202. The molecule has 2 unspecified atom stereocenters. The first kappa shape index (κ1) is 17.8. The Morgan fingerprint density at radius 1 is 1.22 bits per heavy atom. The van der Waals surface area contributed by atoms with Crippen LogP contribution in [0.3, 0.4) is 0 Å². The molecule has 0 bridgehead atoms. The molecule has 128 valence electrons. The summed E-state index contributed by atoms with van der Waals surface area (Å²) in [5.74, 6) is 0.312. The fourth-order valence-electron chi connectivity index (χ4n) is 3.25. The maximum Gasteiger partial charge on any atom is 0.317 e. The summed E-state index contributed by atoms with van der Waals surface area (Å²) >= 11 is 0. The summed E-state index contributed by atoms with van der Waals surface area (Å²) in [7, 11) is 0. The average molecular weight is 318 g/mol. The van der Waals surface area contributed by atoms with Crippen LogP contribution in [0.4, 0.5) is 4.79 Å². The zero-order valence-corrected chi connectivity index (χ0v) is 14.7. The first-order valence-corrected chi connectivity index (χ1v) is 8.57. The van der Waals surface area contributed by atoms with E-state index in [1.165, 1.54) is 0 Å². The van der Waals surface area contributed by atoms with Crippen LogP contribution in [0.5, 0.6) is 0 Å². The van der Waals surface area contributed by atoms with Gasteiger partial charge in [-0.05, 0) is 36.7 Å². The molecule has 4 nitrogen and oxygen atoms in total. The molecule has 2 N–H and O–H groups in total. The molecule has 2 atom stereocenters. The first-order chi connectivity index (χ1) is 10.8. The molecule has 0 spiro atoms. The Balaban J connectivity index is 2.02. The highest BCUT2D eigenvalue weighted by molar-refractivity contribution is 5.75. The minimum Gasteiger partial charge on any atom is -0.393 e. The Labute approximate surface area is 139 Å². The smallest absolute Gasteiger partial charge is 0.317 e. The van der Waals surface area contributed by atoms with Crippen LogP contribution in [0.2, 0.25) is 0 Å². The van der Waals surface area contributed by atoms with E-state index in [1.807, 2.05) is 30.0 Å². The van der Waals surface area contributed by atoms with Crippen LogP contribution in [0, 0.1) is 11.3 Å². The van der Waals surface area contributed by atoms with Gasteiger partial charge in [0.2, 0.25) is 0 Å². The van der Waals surface area contributed by atoms with Crippen LogP contribution in [0.15, 0.2) is 30.3 Å². The van der Waals surface area contributed by atoms with Crippen molar-refractivity contribution in [2.75, 3.05) is 13.1 Å². The van der Waals surface area contributed by atoms with Gasteiger partial charge in [0.1, 0.15) is 0 Å². The van der Waals surface area contributed by atoms with Crippen molar-refractivity contribution in [1.29, 1.82) is 0 Å². The molecule has 4 heteroatoms. The molecule has 1 aromatic carbocycles. The van der Waals surface area contributed by atoms with Crippen LogP contribution >= 0.6 is 0 Å². The average Bonchev–Trinajstić information content (AvgIpc) is 2.52. The van der Waals surface area contributed by atoms with Gasteiger partial charge in [-0.15, -0.1) is 0 Å². The SMILES string of the molecule is CC(O)C1CCN(C(=O)NC(c2ccccc2)C(C)(C)C)CC1. The van der Waals surface area contributed by atoms with Gasteiger partial charge in [-0.1, -0.05) is 51.1 Å². The molecule has 0 aromatic heterocycles. The lowest BCUT2D eigenvalue weighted by atomic mass is 9.82. The van der Waals surface area contributed by atoms with E-state index < -0.39 is 0 Å². The summed E-state index contributed by atoms with van der Waals surface area (Å²) in [5.41, 5.74) is 1.07. The van der Waals surface area contributed by atoms with E-state index in [-0.39, 0.29) is 23.6 Å². The van der Waals surface area contributed by atoms with Crippen molar-refractivity contribution >= 4 is 6.03 Å². The number of carbonyl (C=O) groups excluding carboxylic acids is 1. The van der Waals surface area contributed by atoms with Gasteiger partial charge in [-0.2, -0.15) is 0 Å². The molecule has 1 aromatic rings. The molecule has 1 heterocycles. The second kappa shape index (κ2) is 7.35. The monoisotopic (exact) mass is 318 g/mol. The highest BCUT2D eigenvalue weighted by Crippen LogP contribution is 2.33. The number of rotatable bonds is 3. The van der Waals surface area contributed by atoms with E-state index in [0.717, 1.165) is 18.4 Å². The maximum absolute atomic E-state index is 12.7. The summed E-state index contributed by atoms with van der Waals surface area (Å²) in [6, 6.07) is 10.1. The maximum atomic E-state index is 12.7. The molecule has 0 saturated carbocycles. The number of aliphatic hydroxyl groups is 1. The van der Waals surface area contributed by atoms with E-state index in [4.69, 9.17) is 0 Å². The molecule has 1 saturated heterocycles. The van der Waals surface area contributed by atoms with E-state index in [0.29, 0.717) is 19.0 Å². The number of piperidine rings is 1. The summed E-state index contributed by atoms with van der Waals surface area (Å²) in [5, 5.41) is 12.9. The van der Waals surface area contributed by atoms with Crippen LogP contribution in [0.25, 0.3) is 0 Å². The number of urea groups is 1. The number of aliphatic hydroxyl groups excluding tert-OH is 1. The van der Waals surface area contributed by atoms with Crippen molar-refractivity contribution in [3.63, 3.8) is 0 Å². The van der Waals surface area contributed by atoms with Gasteiger partial charge in [-0.3, -0.25) is 0 Å². The van der Waals surface area contributed by atoms with Gasteiger partial charge < -0.3 is 15.3 Å². The highest BCUT2D eigenvalue weighted by atomic mass is 16.3. The third kappa shape index (κ3) is 4.71. The summed E-state index contributed by atoms with van der Waals surface area (Å²) in [4.78, 5) is 14.5. The standard InChI is InChI=1S/C19H30N2O2/c1-14(22)15-10-12-21(13-11-15)18(23)20-17(19(2,3)4)16-8-6-5-7-9-16/h5-9,14-15,17,22H,10-13H2,1-4H3,(H,20,23). The molecule has 0 radical (unpaired) electrons. The van der Waals surface area contributed by atoms with Gasteiger partial charge in [0.25, 0.3) is 0 Å². The fraction of sp³-hybridized carbons (Fsp3) is 0.632. The van der Waals surface area contributed by atoms with Crippen molar-refractivity contribution < 1.29 is 9.90 Å². The Hall–Kier alpha value is -1.55. The van der Waals surface area contributed by atoms with Crippen LogP contribution in [-0.2, 0) is 0 Å². The first-order valence-electron chi connectivity index (χ1n) is 8.57. The Morgan fingerprint density at radius 2 is 1.78 bits per heavy atom. The zero-order valence-electron chi connectivity index (χ0n) is 14.7. The molecule has 23 heavy (non-hydrogen) atoms. The molecule has 0 aliphatic carbocycles. The minimum atomic E-state index is -0.285. The lowest BCUT2D eigenvalue weighted by Crippen LogP contribution is -2.48. The largest absolute Gasteiger partial charge is 0.393 e. The Bertz CT molecular complexity index is 500. The predicted octanol–water partition coefficient (Wildman–Crippen LogP) is 3.58. The van der Waals surface area contributed by atoms with Gasteiger partial charge in [0, 0.05) is 13.1 Å². The third-order valence-electron chi connectivity index (χ3n) is 4.78. The Morgan fingerprint density at radius 3 is 2.26 bits per heavy atom. The molecule has 1 aliphatic heterocycles. The van der Waals surface area contributed by atoms with E-state index in [9.17, 15) is 9.90 Å². The number of hydrogen-bond acceptors (Lipinski definition) is 2. The number of carbonyl (C=O) groups is 1. The van der Waals surface area contributed by atoms with Crippen molar-refractivity contribution in [1.82, 2.24) is 10.2 Å². The van der Waals surface area contributed by atoms with Crippen molar-refractivity contribution in [3.05, 3.63) is 35.9 Å². The third-order valence-corrected chi connectivity index (χ3v) is 4.78. The topological polar surface area (TPSA) is 52.6 Å². The lowest BCUT2D eigenvalue weighted by Gasteiger charge is -2.37. The van der Waals surface area contributed by atoms with E-state index in [2.05, 4.69) is 38.2 Å². The molecule has 2 rings (SSSR count). The number of hydrogen-bond donors (Lipinski definition) is 2. The van der Waals surface area contributed by atoms with E-state index >= 15 is 0 Å². The molecular weight excluding hydrogens is 288 g/mol. The predicted molar refractivity (Wildman–Crippen MR) is 93.1 cm³/mol.